The maximum absolute atomic E-state index is 13.0. The molecule has 0 spiro atoms. The SMILES string of the molecule is O=C1CC(C(=O)N2CCCC2)CN1Cc1cc(C(F)(F)F)cc(C(F)(F)F)c1. The van der Waals surface area contributed by atoms with Crippen LogP contribution in [-0.4, -0.2) is 41.2 Å². The third kappa shape index (κ3) is 4.41. The molecule has 0 saturated carbocycles. The van der Waals surface area contributed by atoms with Gasteiger partial charge in [-0.2, -0.15) is 26.3 Å². The number of hydrogen-bond donors (Lipinski definition) is 0. The average molecular weight is 408 g/mol. The molecule has 1 aromatic rings. The Balaban J connectivity index is 1.79. The summed E-state index contributed by atoms with van der Waals surface area (Å²) in [7, 11) is 0. The number of benzene rings is 1. The number of hydrogen-bond acceptors (Lipinski definition) is 2. The molecule has 0 N–H and O–H groups in total. The lowest BCUT2D eigenvalue weighted by Gasteiger charge is -2.21. The Hall–Kier alpha value is -2.26. The van der Waals surface area contributed by atoms with E-state index in [4.69, 9.17) is 0 Å². The van der Waals surface area contributed by atoms with Crippen molar-refractivity contribution in [1.82, 2.24) is 9.80 Å². The second kappa shape index (κ2) is 7.29. The minimum atomic E-state index is -4.95. The van der Waals surface area contributed by atoms with Crippen LogP contribution >= 0.6 is 0 Å². The molecule has 2 saturated heterocycles. The summed E-state index contributed by atoms with van der Waals surface area (Å²) in [5.74, 6) is -1.25. The van der Waals surface area contributed by atoms with Gasteiger partial charge in [0.15, 0.2) is 0 Å². The molecular formula is C18H18F6N2O2. The summed E-state index contributed by atoms with van der Waals surface area (Å²) in [6.45, 7) is 0.791. The quantitative estimate of drug-likeness (QED) is 0.716. The van der Waals surface area contributed by atoms with E-state index < -0.39 is 41.8 Å². The molecule has 0 radical (unpaired) electrons. The van der Waals surface area contributed by atoms with E-state index in [0.717, 1.165) is 17.7 Å². The Morgan fingerprint density at radius 2 is 1.50 bits per heavy atom. The monoisotopic (exact) mass is 408 g/mol. The maximum Gasteiger partial charge on any atom is 0.416 e. The molecule has 2 aliphatic rings. The van der Waals surface area contributed by atoms with E-state index in [1.54, 1.807) is 4.90 Å². The van der Waals surface area contributed by atoms with E-state index in [9.17, 15) is 35.9 Å². The Labute approximate surface area is 157 Å². The fourth-order valence-corrected chi connectivity index (χ4v) is 3.62. The van der Waals surface area contributed by atoms with Crippen LogP contribution in [0, 0.1) is 5.92 Å². The van der Waals surface area contributed by atoms with E-state index in [0.29, 0.717) is 25.2 Å². The standard InChI is InChI=1S/C18H18F6N2O2/c19-17(20,21)13-5-11(6-14(8-13)18(22,23)24)9-26-10-12(7-15(26)27)16(28)25-3-1-2-4-25/h5-6,8,12H,1-4,7,9-10H2. The summed E-state index contributed by atoms with van der Waals surface area (Å²) < 4.78 is 77.8. The fourth-order valence-electron chi connectivity index (χ4n) is 3.62. The number of rotatable bonds is 3. The number of amides is 2. The van der Waals surface area contributed by atoms with Crippen molar-refractivity contribution in [1.29, 1.82) is 0 Å². The molecule has 3 rings (SSSR count). The van der Waals surface area contributed by atoms with Crippen molar-refractivity contribution in [2.45, 2.75) is 38.2 Å². The summed E-state index contributed by atoms with van der Waals surface area (Å²) in [4.78, 5) is 27.4. The highest BCUT2D eigenvalue weighted by atomic mass is 19.4. The van der Waals surface area contributed by atoms with Gasteiger partial charge >= 0.3 is 12.4 Å². The highest BCUT2D eigenvalue weighted by molar-refractivity contribution is 5.89. The van der Waals surface area contributed by atoms with Crippen LogP contribution in [0.3, 0.4) is 0 Å². The smallest absolute Gasteiger partial charge is 0.342 e. The van der Waals surface area contributed by atoms with E-state index in [-0.39, 0.29) is 30.5 Å². The van der Waals surface area contributed by atoms with Crippen molar-refractivity contribution in [3.8, 4) is 0 Å². The number of halogens is 6. The van der Waals surface area contributed by atoms with Gasteiger partial charge in [-0.05, 0) is 36.6 Å². The third-order valence-electron chi connectivity index (χ3n) is 5.00. The number of alkyl halides is 6. The van der Waals surface area contributed by atoms with Gasteiger partial charge in [0.05, 0.1) is 17.0 Å². The van der Waals surface area contributed by atoms with Crippen LogP contribution in [0.5, 0.6) is 0 Å². The van der Waals surface area contributed by atoms with Crippen LogP contribution in [0.1, 0.15) is 36.0 Å². The van der Waals surface area contributed by atoms with Crippen LogP contribution < -0.4 is 0 Å². The van der Waals surface area contributed by atoms with Gasteiger partial charge in [0.1, 0.15) is 0 Å². The topological polar surface area (TPSA) is 40.6 Å². The normalized spacial score (nSPS) is 20.9. The van der Waals surface area contributed by atoms with Crippen LogP contribution in [-0.2, 0) is 28.5 Å². The molecule has 4 nitrogen and oxygen atoms in total. The lowest BCUT2D eigenvalue weighted by molar-refractivity contribution is -0.143. The molecule has 10 heteroatoms. The summed E-state index contributed by atoms with van der Waals surface area (Å²) in [5, 5.41) is 0. The molecule has 1 atom stereocenters. The van der Waals surface area contributed by atoms with E-state index in [1.807, 2.05) is 0 Å². The molecule has 1 aromatic carbocycles. The van der Waals surface area contributed by atoms with E-state index in [1.165, 1.54) is 0 Å². The van der Waals surface area contributed by atoms with Gasteiger partial charge in [-0.3, -0.25) is 9.59 Å². The first-order chi connectivity index (χ1) is 12.9. The second-order valence-electron chi connectivity index (χ2n) is 7.12. The number of nitrogens with zero attached hydrogens (tertiary/aromatic N) is 2. The summed E-state index contributed by atoms with van der Waals surface area (Å²) in [5.41, 5.74) is -3.12. The van der Waals surface area contributed by atoms with Crippen LogP contribution in [0.4, 0.5) is 26.3 Å². The van der Waals surface area contributed by atoms with E-state index >= 15 is 0 Å². The van der Waals surface area contributed by atoms with Gasteiger partial charge in [0, 0.05) is 32.6 Å². The molecule has 0 aromatic heterocycles. The van der Waals surface area contributed by atoms with Crippen molar-refractivity contribution in [3.63, 3.8) is 0 Å². The van der Waals surface area contributed by atoms with Crippen LogP contribution in [0.25, 0.3) is 0 Å². The summed E-state index contributed by atoms with van der Waals surface area (Å²) >= 11 is 0. The van der Waals surface area contributed by atoms with Crippen molar-refractivity contribution >= 4 is 11.8 Å². The predicted molar refractivity (Wildman–Crippen MR) is 85.8 cm³/mol. The maximum atomic E-state index is 13.0. The molecule has 2 fully saturated rings. The van der Waals surface area contributed by atoms with Gasteiger partial charge in [0.25, 0.3) is 0 Å². The summed E-state index contributed by atoms with van der Waals surface area (Å²) in [6.07, 6.45) is -8.22. The highest BCUT2D eigenvalue weighted by Gasteiger charge is 2.39. The van der Waals surface area contributed by atoms with Gasteiger partial charge in [0.2, 0.25) is 11.8 Å². The Kier molecular flexibility index (Phi) is 5.33. The van der Waals surface area contributed by atoms with Crippen molar-refractivity contribution in [3.05, 3.63) is 34.9 Å². The zero-order valence-corrected chi connectivity index (χ0v) is 14.7. The molecule has 2 amide bonds. The average Bonchev–Trinajstić information content (AvgIpc) is 3.23. The fraction of sp³-hybridized carbons (Fsp3) is 0.556. The lowest BCUT2D eigenvalue weighted by Crippen LogP contribution is -2.35. The molecule has 1 unspecified atom stereocenters. The van der Waals surface area contributed by atoms with Gasteiger partial charge in [-0.15, -0.1) is 0 Å². The number of carbonyl (C=O) groups is 2. The first-order valence-corrected chi connectivity index (χ1v) is 8.80. The number of carbonyl (C=O) groups excluding carboxylic acids is 2. The van der Waals surface area contributed by atoms with Crippen LogP contribution in [0.15, 0.2) is 18.2 Å². The first-order valence-electron chi connectivity index (χ1n) is 8.80. The molecule has 154 valence electrons. The minimum absolute atomic E-state index is 0.00817. The molecule has 2 aliphatic heterocycles. The predicted octanol–water partition coefficient (Wildman–Crippen LogP) is 3.70. The Morgan fingerprint density at radius 3 is 2.00 bits per heavy atom. The highest BCUT2D eigenvalue weighted by Crippen LogP contribution is 2.37. The molecule has 0 aliphatic carbocycles. The lowest BCUT2D eigenvalue weighted by atomic mass is 10.0. The zero-order valence-electron chi connectivity index (χ0n) is 14.7. The van der Waals surface area contributed by atoms with Crippen molar-refractivity contribution in [2.24, 2.45) is 5.92 Å². The Bertz CT molecular complexity index is 736. The van der Waals surface area contributed by atoms with Crippen molar-refractivity contribution in [2.75, 3.05) is 19.6 Å². The zero-order chi connectivity index (χ0) is 20.7. The van der Waals surface area contributed by atoms with Crippen LogP contribution in [0.2, 0.25) is 0 Å². The van der Waals surface area contributed by atoms with Gasteiger partial charge < -0.3 is 9.80 Å². The second-order valence-corrected chi connectivity index (χ2v) is 7.12. The number of likely N-dealkylation sites (tertiary alicyclic amines) is 2. The summed E-state index contributed by atoms with van der Waals surface area (Å²) in [6, 6.07) is 1.27. The molecule has 2 heterocycles. The molecule has 0 bridgehead atoms. The van der Waals surface area contributed by atoms with Crippen molar-refractivity contribution < 1.29 is 35.9 Å². The minimum Gasteiger partial charge on any atom is -0.342 e. The molecule has 28 heavy (non-hydrogen) atoms. The Morgan fingerprint density at radius 1 is 0.964 bits per heavy atom. The largest absolute Gasteiger partial charge is 0.416 e. The third-order valence-corrected chi connectivity index (χ3v) is 5.00. The van der Waals surface area contributed by atoms with Gasteiger partial charge in [-0.25, -0.2) is 0 Å². The van der Waals surface area contributed by atoms with E-state index in [2.05, 4.69) is 0 Å². The van der Waals surface area contributed by atoms with Gasteiger partial charge in [-0.1, -0.05) is 0 Å². The first kappa shape index (κ1) is 20.5. The molecular weight excluding hydrogens is 390 g/mol.